The minimum Gasteiger partial charge on any atom is -0.456 e. The monoisotopic (exact) mass is 866 g/mol. The second-order valence-electron chi connectivity index (χ2n) is 18.0. The fraction of sp³-hybridized carbons (Fsp3) is 0.0154. The lowest BCUT2D eigenvalue weighted by Crippen LogP contribution is -2.28. The topological polar surface area (TPSA) is 21.3 Å². The molecule has 2 heterocycles. The second kappa shape index (κ2) is 15.1. The number of fused-ring (bicyclic) bond motifs is 10. The summed E-state index contributed by atoms with van der Waals surface area (Å²) in [6.07, 6.45) is 0. The van der Waals surface area contributed by atoms with Crippen molar-refractivity contribution in [3.05, 3.63) is 277 Å². The molecule has 0 aliphatic heterocycles. The Morgan fingerprint density at radius 3 is 1.63 bits per heavy atom. The largest absolute Gasteiger partial charge is 0.456 e. The van der Waals surface area contributed by atoms with Gasteiger partial charge in [-0.05, 0) is 123 Å². The first-order chi connectivity index (χ1) is 33.7. The van der Waals surface area contributed by atoms with Crippen molar-refractivity contribution in [2.75, 3.05) is 4.90 Å². The highest BCUT2D eigenvalue weighted by atomic mass is 16.3. The first-order valence-electron chi connectivity index (χ1n) is 23.4. The minimum atomic E-state index is -0.555. The maximum atomic E-state index is 6.67. The van der Waals surface area contributed by atoms with E-state index in [1.54, 1.807) is 0 Å². The molecule has 0 atom stereocenters. The van der Waals surface area contributed by atoms with Gasteiger partial charge in [-0.3, -0.25) is 0 Å². The normalized spacial score (nSPS) is 12.8. The lowest BCUT2D eigenvalue weighted by Gasteiger charge is -2.35. The fourth-order valence-corrected chi connectivity index (χ4v) is 11.6. The Bertz CT molecular complexity index is 3990. The molecule has 2 aromatic heterocycles. The van der Waals surface area contributed by atoms with Crippen LogP contribution in [-0.2, 0) is 5.41 Å². The maximum Gasteiger partial charge on any atom is 0.136 e. The quantitative estimate of drug-likeness (QED) is 0.159. The van der Waals surface area contributed by atoms with E-state index < -0.39 is 5.41 Å². The molecule has 0 fully saturated rings. The highest BCUT2D eigenvalue weighted by Gasteiger charge is 2.46. The van der Waals surface area contributed by atoms with Crippen molar-refractivity contribution in [2.45, 2.75) is 5.41 Å². The molecule has 3 heteroatoms. The summed E-state index contributed by atoms with van der Waals surface area (Å²) in [5.74, 6) is 0. The standard InChI is InChI=1S/C65H42N2O/c1-3-20-45(21-4-1)65(46-22-5-2-6-23-46)57-29-13-9-24-50(57)51-39-38-49(42-58(51)65)66(47-34-36-48(37-35-47)67-60-31-15-10-25-52(60)53-26-11-16-32-61(53)67)59-30-14-12-27-54(59)55-28-17-33-62-64(55)56-40-43-18-7-8-19-44(43)41-63(56)68-62/h1-42H. The van der Waals surface area contributed by atoms with Crippen LogP contribution in [0.3, 0.4) is 0 Å². The summed E-state index contributed by atoms with van der Waals surface area (Å²) in [5.41, 5.74) is 17.6. The van der Waals surface area contributed by atoms with Gasteiger partial charge in [-0.25, -0.2) is 0 Å². The molecule has 3 nitrogen and oxygen atoms in total. The summed E-state index contributed by atoms with van der Waals surface area (Å²) in [4.78, 5) is 2.46. The second-order valence-corrected chi connectivity index (χ2v) is 18.0. The number of hydrogen-bond acceptors (Lipinski definition) is 2. The number of rotatable bonds is 7. The molecule has 14 rings (SSSR count). The summed E-state index contributed by atoms with van der Waals surface area (Å²) in [7, 11) is 0. The molecule has 68 heavy (non-hydrogen) atoms. The van der Waals surface area contributed by atoms with Crippen molar-refractivity contribution in [2.24, 2.45) is 0 Å². The van der Waals surface area contributed by atoms with E-state index in [0.717, 1.165) is 61.2 Å². The zero-order valence-electron chi connectivity index (χ0n) is 37.1. The first-order valence-corrected chi connectivity index (χ1v) is 23.4. The van der Waals surface area contributed by atoms with Crippen LogP contribution < -0.4 is 4.90 Å². The number of furan rings is 1. The summed E-state index contributed by atoms with van der Waals surface area (Å²) < 4.78 is 9.06. The molecule has 0 saturated heterocycles. The molecule has 318 valence electrons. The first kappa shape index (κ1) is 38.4. The third-order valence-corrected chi connectivity index (χ3v) is 14.4. The van der Waals surface area contributed by atoms with E-state index in [1.165, 1.54) is 60.6 Å². The number of aromatic nitrogens is 1. The Labute approximate surface area is 394 Å². The molecule has 1 aliphatic carbocycles. The van der Waals surface area contributed by atoms with Gasteiger partial charge in [0.15, 0.2) is 0 Å². The number of benzene rings is 11. The van der Waals surface area contributed by atoms with Gasteiger partial charge in [0.25, 0.3) is 0 Å². The Morgan fingerprint density at radius 1 is 0.353 bits per heavy atom. The molecule has 0 radical (unpaired) electrons. The third kappa shape index (κ3) is 5.60. The summed E-state index contributed by atoms with van der Waals surface area (Å²) >= 11 is 0. The van der Waals surface area contributed by atoms with Crippen molar-refractivity contribution >= 4 is 71.6 Å². The fourth-order valence-electron chi connectivity index (χ4n) is 11.6. The highest BCUT2D eigenvalue weighted by molar-refractivity contribution is 6.17. The van der Waals surface area contributed by atoms with Gasteiger partial charge in [0.05, 0.1) is 22.1 Å². The van der Waals surface area contributed by atoms with Gasteiger partial charge < -0.3 is 13.9 Å². The SMILES string of the molecule is c1ccc(C2(c3ccccc3)c3ccccc3-c3ccc(N(c4ccc(-n5c6ccccc6c6ccccc65)cc4)c4ccccc4-c4cccc5oc6cc7ccccc7cc6c45)cc32)cc1. The zero-order valence-corrected chi connectivity index (χ0v) is 37.1. The van der Waals surface area contributed by atoms with Gasteiger partial charge in [0.1, 0.15) is 11.2 Å². The Hall–Kier alpha value is -8.92. The van der Waals surface area contributed by atoms with Gasteiger partial charge in [0, 0.05) is 44.2 Å². The van der Waals surface area contributed by atoms with Gasteiger partial charge in [-0.1, -0.05) is 182 Å². The van der Waals surface area contributed by atoms with E-state index in [4.69, 9.17) is 4.42 Å². The molecule has 11 aromatic carbocycles. The summed E-state index contributed by atoms with van der Waals surface area (Å²) in [6, 6.07) is 93.2. The van der Waals surface area contributed by atoms with Crippen LogP contribution in [0.1, 0.15) is 22.3 Å². The number of hydrogen-bond donors (Lipinski definition) is 0. The molecule has 0 amide bonds. The van der Waals surface area contributed by atoms with Gasteiger partial charge in [-0.2, -0.15) is 0 Å². The van der Waals surface area contributed by atoms with Gasteiger partial charge >= 0.3 is 0 Å². The van der Waals surface area contributed by atoms with Crippen LogP contribution in [0, 0.1) is 0 Å². The molecule has 0 spiro atoms. The van der Waals surface area contributed by atoms with Crippen LogP contribution in [0.15, 0.2) is 259 Å². The van der Waals surface area contributed by atoms with Crippen LogP contribution in [-0.4, -0.2) is 4.57 Å². The summed E-state index contributed by atoms with van der Waals surface area (Å²) in [5, 5.41) is 7.07. The van der Waals surface area contributed by atoms with E-state index in [2.05, 4.69) is 264 Å². The van der Waals surface area contributed by atoms with Crippen LogP contribution in [0.25, 0.3) is 82.5 Å². The molecule has 0 N–H and O–H groups in total. The van der Waals surface area contributed by atoms with E-state index in [0.29, 0.717) is 0 Å². The third-order valence-electron chi connectivity index (χ3n) is 14.4. The molecule has 0 bridgehead atoms. The Balaban J connectivity index is 1.03. The van der Waals surface area contributed by atoms with Crippen molar-refractivity contribution in [3.63, 3.8) is 0 Å². The lowest BCUT2D eigenvalue weighted by molar-refractivity contribution is 0.669. The molecular formula is C65H42N2O. The highest BCUT2D eigenvalue weighted by Crippen LogP contribution is 2.57. The predicted octanol–water partition coefficient (Wildman–Crippen LogP) is 17.3. The number of para-hydroxylation sites is 3. The molecule has 13 aromatic rings. The molecule has 1 aliphatic rings. The molecule has 0 unspecified atom stereocenters. The minimum absolute atomic E-state index is 0.555. The molecule has 0 saturated carbocycles. The van der Waals surface area contributed by atoms with Crippen molar-refractivity contribution < 1.29 is 4.42 Å². The van der Waals surface area contributed by atoms with Gasteiger partial charge in [0.2, 0.25) is 0 Å². The zero-order chi connectivity index (χ0) is 44.8. The average molecular weight is 867 g/mol. The predicted molar refractivity (Wildman–Crippen MR) is 283 cm³/mol. The molecular weight excluding hydrogens is 825 g/mol. The van der Waals surface area contributed by atoms with Crippen molar-refractivity contribution in [1.82, 2.24) is 4.57 Å². The Morgan fingerprint density at radius 2 is 0.912 bits per heavy atom. The lowest BCUT2D eigenvalue weighted by atomic mass is 9.67. The van der Waals surface area contributed by atoms with E-state index in [1.807, 2.05) is 0 Å². The van der Waals surface area contributed by atoms with Crippen LogP contribution in [0.4, 0.5) is 17.1 Å². The van der Waals surface area contributed by atoms with Crippen molar-refractivity contribution in [1.29, 1.82) is 0 Å². The maximum absolute atomic E-state index is 6.67. The average Bonchev–Trinajstić information content (AvgIpc) is 4.05. The Kier molecular flexibility index (Phi) is 8.50. The smallest absolute Gasteiger partial charge is 0.136 e. The van der Waals surface area contributed by atoms with E-state index >= 15 is 0 Å². The number of anilines is 3. The van der Waals surface area contributed by atoms with Crippen LogP contribution >= 0.6 is 0 Å². The van der Waals surface area contributed by atoms with E-state index in [9.17, 15) is 0 Å². The summed E-state index contributed by atoms with van der Waals surface area (Å²) in [6.45, 7) is 0. The van der Waals surface area contributed by atoms with Gasteiger partial charge in [-0.15, -0.1) is 0 Å². The number of nitrogens with zero attached hydrogens (tertiary/aromatic N) is 2. The van der Waals surface area contributed by atoms with Crippen molar-refractivity contribution in [3.8, 4) is 27.9 Å². The van der Waals surface area contributed by atoms with E-state index in [-0.39, 0.29) is 0 Å². The van der Waals surface area contributed by atoms with Crippen LogP contribution in [0.2, 0.25) is 0 Å². The van der Waals surface area contributed by atoms with Crippen LogP contribution in [0.5, 0.6) is 0 Å².